The van der Waals surface area contributed by atoms with E-state index in [9.17, 15) is 4.79 Å². The molecule has 20 heavy (non-hydrogen) atoms. The predicted molar refractivity (Wildman–Crippen MR) is 80.4 cm³/mol. The molecule has 2 N–H and O–H groups in total. The smallest absolute Gasteiger partial charge is 0.223 e. The van der Waals surface area contributed by atoms with Crippen LogP contribution in [0.25, 0.3) is 0 Å². The lowest BCUT2D eigenvalue weighted by molar-refractivity contribution is -0.122. The van der Waals surface area contributed by atoms with Crippen molar-refractivity contribution >= 4 is 5.91 Å². The van der Waals surface area contributed by atoms with Crippen molar-refractivity contribution in [3.8, 4) is 0 Å². The molecule has 108 valence electrons. The first-order valence-electron chi connectivity index (χ1n) is 7.67. The maximum Gasteiger partial charge on any atom is 0.223 e. The number of carbonyl (C=O) groups excluding carboxylic acids is 1. The van der Waals surface area contributed by atoms with Gasteiger partial charge in [0.05, 0.1) is 0 Å². The summed E-state index contributed by atoms with van der Waals surface area (Å²) in [6, 6.07) is 9.08. The van der Waals surface area contributed by atoms with Gasteiger partial charge in [0.15, 0.2) is 0 Å². The Morgan fingerprint density at radius 2 is 2.00 bits per heavy atom. The van der Waals surface area contributed by atoms with Gasteiger partial charge in [-0.15, -0.1) is 0 Å². The van der Waals surface area contributed by atoms with E-state index in [1.165, 1.54) is 11.1 Å². The minimum absolute atomic E-state index is 0.234. The number of hydrogen-bond acceptors (Lipinski definition) is 2. The van der Waals surface area contributed by atoms with Crippen molar-refractivity contribution in [3.05, 3.63) is 35.4 Å². The van der Waals surface area contributed by atoms with Crippen molar-refractivity contribution in [2.24, 2.45) is 11.3 Å². The molecule has 3 nitrogen and oxygen atoms in total. The molecular weight excluding hydrogens is 248 g/mol. The summed E-state index contributed by atoms with van der Waals surface area (Å²) in [5, 5.41) is 6.65. The lowest BCUT2D eigenvalue weighted by Crippen LogP contribution is -2.37. The van der Waals surface area contributed by atoms with Gasteiger partial charge in [0.2, 0.25) is 5.91 Å². The Morgan fingerprint density at radius 1 is 1.25 bits per heavy atom. The summed E-state index contributed by atoms with van der Waals surface area (Å²) in [6.07, 6.45) is 3.26. The zero-order valence-electron chi connectivity index (χ0n) is 12.4. The molecule has 3 rings (SSSR count). The number of fused-ring (bicyclic) bond motifs is 1. The molecule has 0 radical (unpaired) electrons. The van der Waals surface area contributed by atoms with Crippen LogP contribution in [-0.2, 0) is 11.2 Å². The molecule has 2 aliphatic rings. The number of carbonyl (C=O) groups is 1. The van der Waals surface area contributed by atoms with Crippen LogP contribution in [0.3, 0.4) is 0 Å². The highest BCUT2D eigenvalue weighted by Gasteiger charge is 2.38. The van der Waals surface area contributed by atoms with E-state index >= 15 is 0 Å². The first-order chi connectivity index (χ1) is 9.58. The number of hydrogen-bond donors (Lipinski definition) is 2. The first kappa shape index (κ1) is 13.6. The fourth-order valence-corrected chi connectivity index (χ4v) is 3.27. The van der Waals surface area contributed by atoms with Gasteiger partial charge in [-0.2, -0.15) is 0 Å². The molecule has 0 aliphatic heterocycles. The Morgan fingerprint density at radius 3 is 2.75 bits per heavy atom. The molecule has 1 aromatic rings. The van der Waals surface area contributed by atoms with Gasteiger partial charge in [0, 0.05) is 25.0 Å². The van der Waals surface area contributed by atoms with Crippen molar-refractivity contribution in [2.45, 2.75) is 39.2 Å². The van der Waals surface area contributed by atoms with Crippen LogP contribution < -0.4 is 10.6 Å². The fraction of sp³-hybridized carbons (Fsp3) is 0.588. The van der Waals surface area contributed by atoms with Crippen LogP contribution >= 0.6 is 0 Å². The van der Waals surface area contributed by atoms with Crippen molar-refractivity contribution < 1.29 is 4.79 Å². The van der Waals surface area contributed by atoms with E-state index in [0.29, 0.717) is 12.0 Å². The second-order valence-corrected chi connectivity index (χ2v) is 6.82. The topological polar surface area (TPSA) is 41.1 Å². The zero-order chi connectivity index (χ0) is 14.2. The van der Waals surface area contributed by atoms with Crippen LogP contribution in [0.15, 0.2) is 24.3 Å². The van der Waals surface area contributed by atoms with Gasteiger partial charge in [-0.1, -0.05) is 38.1 Å². The third kappa shape index (κ3) is 2.73. The lowest BCUT2D eigenvalue weighted by atomic mass is 9.85. The molecule has 1 amide bonds. The van der Waals surface area contributed by atoms with Crippen LogP contribution in [0.4, 0.5) is 0 Å². The summed E-state index contributed by atoms with van der Waals surface area (Å²) in [7, 11) is 0. The third-order valence-corrected chi connectivity index (χ3v) is 4.51. The Labute approximate surface area is 121 Å². The molecule has 0 aromatic heterocycles. The lowest BCUT2D eigenvalue weighted by Gasteiger charge is -2.28. The van der Waals surface area contributed by atoms with Gasteiger partial charge in [0.25, 0.3) is 0 Å². The average Bonchev–Trinajstić information content (AvgIpc) is 3.20. The monoisotopic (exact) mass is 272 g/mol. The van der Waals surface area contributed by atoms with E-state index in [1.807, 2.05) is 0 Å². The third-order valence-electron chi connectivity index (χ3n) is 4.51. The molecule has 2 aliphatic carbocycles. The molecule has 1 saturated carbocycles. The predicted octanol–water partition coefficient (Wildman–Crippen LogP) is 2.43. The Balaban J connectivity index is 1.54. The van der Waals surface area contributed by atoms with E-state index in [4.69, 9.17) is 0 Å². The molecule has 1 unspecified atom stereocenters. The van der Waals surface area contributed by atoms with Gasteiger partial charge in [-0.25, -0.2) is 0 Å². The van der Waals surface area contributed by atoms with Gasteiger partial charge in [-0.3, -0.25) is 4.79 Å². The van der Waals surface area contributed by atoms with Gasteiger partial charge >= 0.3 is 0 Å². The zero-order valence-corrected chi connectivity index (χ0v) is 12.4. The molecule has 3 heteroatoms. The highest BCUT2D eigenvalue weighted by atomic mass is 16.2. The second-order valence-electron chi connectivity index (χ2n) is 6.82. The summed E-state index contributed by atoms with van der Waals surface area (Å²) < 4.78 is 0. The summed E-state index contributed by atoms with van der Waals surface area (Å²) in [6.45, 7) is 6.19. The molecule has 1 atom stereocenters. The normalized spacial score (nSPS) is 23.4. The highest BCUT2D eigenvalue weighted by molar-refractivity contribution is 5.80. The maximum atomic E-state index is 11.6. The molecule has 1 aromatic carbocycles. The van der Waals surface area contributed by atoms with E-state index in [0.717, 1.165) is 32.4 Å². The minimum Gasteiger partial charge on any atom is -0.355 e. The SMILES string of the molecule is CC1(C)Cc2ccccc2C1NCCNC(=O)C1CC1. The Bertz CT molecular complexity index is 505. The molecular formula is C17H24N2O. The number of rotatable bonds is 5. The van der Waals surface area contributed by atoms with Crippen LogP contribution in [0.1, 0.15) is 43.9 Å². The largest absolute Gasteiger partial charge is 0.355 e. The highest BCUT2D eigenvalue weighted by Crippen LogP contribution is 2.44. The summed E-state index contributed by atoms with van der Waals surface area (Å²) in [5.41, 5.74) is 3.12. The van der Waals surface area contributed by atoms with Crippen LogP contribution in [0.2, 0.25) is 0 Å². The van der Waals surface area contributed by atoms with E-state index < -0.39 is 0 Å². The molecule has 0 heterocycles. The van der Waals surface area contributed by atoms with Gasteiger partial charge < -0.3 is 10.6 Å². The van der Waals surface area contributed by atoms with Crippen LogP contribution in [0, 0.1) is 11.3 Å². The van der Waals surface area contributed by atoms with E-state index in [-0.39, 0.29) is 11.3 Å². The fourth-order valence-electron chi connectivity index (χ4n) is 3.27. The standard InChI is InChI=1S/C17H24N2O/c1-17(2)11-13-5-3-4-6-14(13)15(17)18-9-10-19-16(20)12-7-8-12/h3-6,12,15,18H,7-11H2,1-2H3,(H,19,20). The van der Waals surface area contributed by atoms with Gasteiger partial charge in [0.1, 0.15) is 0 Å². The van der Waals surface area contributed by atoms with E-state index in [2.05, 4.69) is 48.7 Å². The number of amides is 1. The maximum absolute atomic E-state index is 11.6. The van der Waals surface area contributed by atoms with Gasteiger partial charge in [-0.05, 0) is 35.8 Å². The van der Waals surface area contributed by atoms with Crippen LogP contribution in [0.5, 0.6) is 0 Å². The van der Waals surface area contributed by atoms with Crippen molar-refractivity contribution in [3.63, 3.8) is 0 Å². The first-order valence-corrected chi connectivity index (χ1v) is 7.67. The molecule has 0 spiro atoms. The van der Waals surface area contributed by atoms with Crippen molar-refractivity contribution in [1.82, 2.24) is 10.6 Å². The van der Waals surface area contributed by atoms with Crippen LogP contribution in [-0.4, -0.2) is 19.0 Å². The van der Waals surface area contributed by atoms with Crippen molar-refractivity contribution in [1.29, 1.82) is 0 Å². The van der Waals surface area contributed by atoms with Crippen molar-refractivity contribution in [2.75, 3.05) is 13.1 Å². The van der Waals surface area contributed by atoms with E-state index in [1.54, 1.807) is 0 Å². The Hall–Kier alpha value is -1.35. The summed E-state index contributed by atoms with van der Waals surface area (Å²) in [5.74, 6) is 0.538. The quantitative estimate of drug-likeness (QED) is 0.808. The number of nitrogens with one attached hydrogen (secondary N) is 2. The molecule has 0 bridgehead atoms. The Kier molecular flexibility index (Phi) is 3.55. The molecule has 0 saturated heterocycles. The minimum atomic E-state index is 0.234. The summed E-state index contributed by atoms with van der Waals surface area (Å²) in [4.78, 5) is 11.6. The average molecular weight is 272 g/mol. The number of benzene rings is 1. The summed E-state index contributed by atoms with van der Waals surface area (Å²) >= 11 is 0. The second kappa shape index (κ2) is 5.21. The molecule has 1 fully saturated rings.